The number of hydrogen-bond acceptors (Lipinski definition) is 2. The smallest absolute Gasteiger partial charge is 0.222 e. The van der Waals surface area contributed by atoms with Crippen LogP contribution in [0.15, 0.2) is 4.99 Å². The Bertz CT molecular complexity index is 311. The molecule has 0 aromatic rings. The highest BCUT2D eigenvalue weighted by Gasteiger charge is 2.31. The summed E-state index contributed by atoms with van der Waals surface area (Å²) in [5.74, 6) is 0.279. The maximum atomic E-state index is 11.2. The Hall–Kier alpha value is -1.26. The summed E-state index contributed by atoms with van der Waals surface area (Å²) in [4.78, 5) is 17.6. The molecule has 1 saturated heterocycles. The molecule has 1 amide bonds. The molecule has 0 spiro atoms. The van der Waals surface area contributed by atoms with Crippen molar-refractivity contribution >= 4 is 11.9 Å². The van der Waals surface area contributed by atoms with Gasteiger partial charge in [0, 0.05) is 12.6 Å². The van der Waals surface area contributed by atoms with E-state index in [9.17, 15) is 4.79 Å². The lowest BCUT2D eigenvalue weighted by molar-refractivity contribution is -0.123. The van der Waals surface area contributed by atoms with Gasteiger partial charge >= 0.3 is 0 Å². The summed E-state index contributed by atoms with van der Waals surface area (Å²) in [6, 6.07) is 0.777. The van der Waals surface area contributed by atoms with Gasteiger partial charge in [0.2, 0.25) is 5.91 Å². The first kappa shape index (κ1) is 11.2. The second-order valence-corrected chi connectivity index (χ2v) is 4.90. The van der Waals surface area contributed by atoms with Gasteiger partial charge in [0.25, 0.3) is 0 Å². The second-order valence-electron chi connectivity index (χ2n) is 4.90. The molecule has 4 N–H and O–H groups in total. The fraction of sp³-hybridized carbons (Fsp3) is 0.818. The molecule has 1 aliphatic carbocycles. The molecular weight excluding hydrogens is 204 g/mol. The second kappa shape index (κ2) is 4.31. The Balaban J connectivity index is 2.02. The van der Waals surface area contributed by atoms with E-state index in [1.54, 1.807) is 0 Å². The van der Waals surface area contributed by atoms with Crippen molar-refractivity contribution in [3.63, 3.8) is 0 Å². The van der Waals surface area contributed by atoms with E-state index in [0.29, 0.717) is 24.6 Å². The van der Waals surface area contributed by atoms with Crippen molar-refractivity contribution in [2.75, 3.05) is 6.54 Å². The third-order valence-corrected chi connectivity index (χ3v) is 3.44. The van der Waals surface area contributed by atoms with Crippen LogP contribution in [0.2, 0.25) is 0 Å². The molecule has 2 unspecified atom stereocenters. The monoisotopic (exact) mass is 224 g/mol. The molecule has 5 nitrogen and oxygen atoms in total. The minimum absolute atomic E-state index is 0.0795. The fourth-order valence-electron chi connectivity index (χ4n) is 2.12. The van der Waals surface area contributed by atoms with Gasteiger partial charge < -0.3 is 16.4 Å². The Labute approximate surface area is 95.9 Å². The number of amides is 1. The van der Waals surface area contributed by atoms with Crippen molar-refractivity contribution in [3.05, 3.63) is 0 Å². The molecule has 2 aliphatic rings. The molecule has 1 heterocycles. The molecule has 0 bridgehead atoms. The highest BCUT2D eigenvalue weighted by molar-refractivity contribution is 5.81. The molecule has 90 valence electrons. The predicted octanol–water partition coefficient (Wildman–Crippen LogP) is 0.0493. The van der Waals surface area contributed by atoms with Crippen LogP contribution in [0.1, 0.15) is 32.6 Å². The first-order valence-electron chi connectivity index (χ1n) is 5.97. The number of carbonyl (C=O) groups is 1. The third-order valence-electron chi connectivity index (χ3n) is 3.44. The average molecular weight is 224 g/mol. The van der Waals surface area contributed by atoms with E-state index < -0.39 is 0 Å². The van der Waals surface area contributed by atoms with Gasteiger partial charge in [0.05, 0.1) is 12.0 Å². The van der Waals surface area contributed by atoms with E-state index in [2.05, 4.69) is 11.9 Å². The topological polar surface area (TPSA) is 84.7 Å². The number of hydrogen-bond donors (Lipinski definition) is 2. The van der Waals surface area contributed by atoms with Crippen LogP contribution in [-0.4, -0.2) is 35.4 Å². The summed E-state index contributed by atoms with van der Waals surface area (Å²) in [6.07, 6.45) is 4.10. The molecule has 2 fully saturated rings. The molecule has 0 aromatic heterocycles. The zero-order valence-electron chi connectivity index (χ0n) is 9.72. The minimum atomic E-state index is -0.226. The van der Waals surface area contributed by atoms with E-state index in [1.807, 2.05) is 4.90 Å². The van der Waals surface area contributed by atoms with Crippen LogP contribution < -0.4 is 11.5 Å². The Morgan fingerprint density at radius 1 is 1.25 bits per heavy atom. The maximum Gasteiger partial charge on any atom is 0.222 e. The average Bonchev–Trinajstić information content (AvgIpc) is 3.01. The maximum absolute atomic E-state index is 11.2. The molecular formula is C11H20N4O. The molecule has 0 radical (unpaired) electrons. The Morgan fingerprint density at radius 2 is 1.94 bits per heavy atom. The Kier molecular flexibility index (Phi) is 3.03. The molecule has 1 aliphatic heterocycles. The first-order valence-corrected chi connectivity index (χ1v) is 5.97. The van der Waals surface area contributed by atoms with Crippen LogP contribution in [0.25, 0.3) is 0 Å². The lowest BCUT2D eigenvalue weighted by atomic mass is 9.93. The highest BCUT2D eigenvalue weighted by Crippen LogP contribution is 2.25. The summed E-state index contributed by atoms with van der Waals surface area (Å²) >= 11 is 0. The van der Waals surface area contributed by atoms with Crippen LogP contribution in [0.3, 0.4) is 0 Å². The number of nitrogens with two attached hydrogens (primary N) is 2. The van der Waals surface area contributed by atoms with Crippen molar-refractivity contribution < 1.29 is 4.79 Å². The summed E-state index contributed by atoms with van der Waals surface area (Å²) in [6.45, 7) is 2.74. The quantitative estimate of drug-likeness (QED) is 0.513. The standard InChI is InChI=1S/C11H20N4O/c1-7-2-3-8(10(12)16)6-15(7)11(13)14-9-4-5-9/h7-9H,2-6H2,1H3,(H2,12,16)(H2,13,14). The normalized spacial score (nSPS) is 31.6. The van der Waals surface area contributed by atoms with E-state index >= 15 is 0 Å². The van der Waals surface area contributed by atoms with Gasteiger partial charge in [-0.25, -0.2) is 4.99 Å². The number of nitrogens with zero attached hydrogens (tertiary/aromatic N) is 2. The SMILES string of the molecule is CC1CCC(C(N)=O)CN1C(N)=NC1CC1. The summed E-state index contributed by atoms with van der Waals surface area (Å²) in [5, 5.41) is 0. The summed E-state index contributed by atoms with van der Waals surface area (Å²) in [7, 11) is 0. The summed E-state index contributed by atoms with van der Waals surface area (Å²) in [5.41, 5.74) is 11.3. The summed E-state index contributed by atoms with van der Waals surface area (Å²) < 4.78 is 0. The zero-order valence-corrected chi connectivity index (χ0v) is 9.72. The van der Waals surface area contributed by atoms with Crippen molar-refractivity contribution in [2.24, 2.45) is 22.4 Å². The molecule has 0 aromatic carbocycles. The number of carbonyl (C=O) groups excluding carboxylic acids is 1. The van der Waals surface area contributed by atoms with E-state index in [4.69, 9.17) is 11.5 Å². The van der Waals surface area contributed by atoms with Crippen LogP contribution >= 0.6 is 0 Å². The molecule has 1 saturated carbocycles. The van der Waals surface area contributed by atoms with Crippen molar-refractivity contribution in [1.29, 1.82) is 0 Å². The third kappa shape index (κ3) is 2.46. The van der Waals surface area contributed by atoms with Gasteiger partial charge in [0.1, 0.15) is 0 Å². The van der Waals surface area contributed by atoms with Gasteiger partial charge in [-0.1, -0.05) is 0 Å². The first-order chi connectivity index (χ1) is 7.58. The van der Waals surface area contributed by atoms with Gasteiger partial charge in [-0.3, -0.25) is 4.79 Å². The largest absolute Gasteiger partial charge is 0.370 e. The molecule has 16 heavy (non-hydrogen) atoms. The fourth-order valence-corrected chi connectivity index (χ4v) is 2.12. The number of likely N-dealkylation sites (tertiary alicyclic amines) is 1. The van der Waals surface area contributed by atoms with Crippen LogP contribution in [-0.2, 0) is 4.79 Å². The highest BCUT2D eigenvalue weighted by atomic mass is 16.1. The van der Waals surface area contributed by atoms with E-state index in [-0.39, 0.29) is 11.8 Å². The number of primary amides is 1. The Morgan fingerprint density at radius 3 is 2.50 bits per heavy atom. The van der Waals surface area contributed by atoms with Crippen molar-refractivity contribution in [1.82, 2.24) is 4.90 Å². The number of rotatable bonds is 2. The van der Waals surface area contributed by atoms with Gasteiger partial charge in [-0.2, -0.15) is 0 Å². The number of guanidine groups is 1. The van der Waals surface area contributed by atoms with Gasteiger partial charge in [-0.15, -0.1) is 0 Å². The number of piperidine rings is 1. The van der Waals surface area contributed by atoms with Gasteiger partial charge in [0.15, 0.2) is 5.96 Å². The lowest BCUT2D eigenvalue weighted by Gasteiger charge is -2.37. The van der Waals surface area contributed by atoms with Crippen molar-refractivity contribution in [2.45, 2.75) is 44.7 Å². The minimum Gasteiger partial charge on any atom is -0.370 e. The molecule has 2 atom stereocenters. The predicted molar refractivity (Wildman–Crippen MR) is 62.7 cm³/mol. The lowest BCUT2D eigenvalue weighted by Crippen LogP contribution is -2.51. The van der Waals surface area contributed by atoms with Crippen LogP contribution in [0.4, 0.5) is 0 Å². The zero-order chi connectivity index (χ0) is 11.7. The van der Waals surface area contributed by atoms with E-state index in [1.165, 1.54) is 0 Å². The van der Waals surface area contributed by atoms with Crippen LogP contribution in [0, 0.1) is 5.92 Å². The molecule has 2 rings (SSSR count). The van der Waals surface area contributed by atoms with E-state index in [0.717, 1.165) is 25.7 Å². The van der Waals surface area contributed by atoms with Gasteiger partial charge in [-0.05, 0) is 32.6 Å². The number of aliphatic imine (C=N–C) groups is 1. The van der Waals surface area contributed by atoms with Crippen LogP contribution in [0.5, 0.6) is 0 Å². The molecule has 5 heteroatoms. The van der Waals surface area contributed by atoms with Crippen molar-refractivity contribution in [3.8, 4) is 0 Å².